The van der Waals surface area contributed by atoms with Crippen molar-refractivity contribution in [3.05, 3.63) is 232 Å². The molecule has 0 fully saturated rings. The fourth-order valence-corrected chi connectivity index (χ4v) is 13.1. The van der Waals surface area contributed by atoms with E-state index in [0.29, 0.717) is 0 Å². The lowest BCUT2D eigenvalue weighted by molar-refractivity contribution is 0.670. The first-order chi connectivity index (χ1) is 39.5. The molecule has 10 aromatic rings. The Kier molecular flexibility index (Phi) is 45.4. The van der Waals surface area contributed by atoms with Crippen molar-refractivity contribution in [2.45, 2.75) is 159 Å². The monoisotopic (exact) mass is 1180 g/mol. The summed E-state index contributed by atoms with van der Waals surface area (Å²) in [5.41, 5.74) is 7.96. The van der Waals surface area contributed by atoms with Crippen molar-refractivity contribution in [2.24, 2.45) is 0 Å². The van der Waals surface area contributed by atoms with Gasteiger partial charge in [0, 0.05) is 34.1 Å². The molecule has 0 nitrogen and oxygen atoms in total. The first-order valence-electron chi connectivity index (χ1n) is 29.7. The van der Waals surface area contributed by atoms with E-state index < -0.39 is 0 Å². The fourth-order valence-electron chi connectivity index (χ4n) is 7.28. The van der Waals surface area contributed by atoms with Crippen molar-refractivity contribution < 1.29 is 0 Å². The van der Waals surface area contributed by atoms with E-state index in [1.807, 2.05) is 133 Å². The molecule has 0 atom stereocenters. The van der Waals surface area contributed by atoms with Crippen molar-refractivity contribution in [2.75, 3.05) is 5.75 Å². The van der Waals surface area contributed by atoms with Crippen molar-refractivity contribution >= 4 is 68.4 Å². The van der Waals surface area contributed by atoms with E-state index in [-0.39, 0.29) is 0 Å². The van der Waals surface area contributed by atoms with Gasteiger partial charge in [-0.1, -0.05) is 279 Å². The van der Waals surface area contributed by atoms with Crippen molar-refractivity contribution in [1.29, 1.82) is 0 Å². The van der Waals surface area contributed by atoms with Gasteiger partial charge in [0.25, 0.3) is 0 Å². The minimum atomic E-state index is 1.25. The first kappa shape index (κ1) is 73.0. The normalized spacial score (nSPS) is 9.43. The lowest BCUT2D eigenvalue weighted by Crippen LogP contribution is -1.80. The Morgan fingerprint density at radius 1 is 0.338 bits per heavy atom. The average Bonchev–Trinajstić information content (AvgIpc) is 4.44. The van der Waals surface area contributed by atoms with Crippen LogP contribution in [0.5, 0.6) is 0 Å². The maximum Gasteiger partial charge on any atom is 0.0605 e. The van der Waals surface area contributed by atoms with Crippen molar-refractivity contribution in [3.63, 3.8) is 0 Å². The summed E-state index contributed by atoms with van der Waals surface area (Å²) in [4.78, 5) is 9.73. The Bertz CT molecular complexity index is 2740. The van der Waals surface area contributed by atoms with E-state index >= 15 is 0 Å². The van der Waals surface area contributed by atoms with E-state index in [9.17, 15) is 0 Å². The zero-order chi connectivity index (χ0) is 58.9. The SMILES string of the molecule is CC.CC.CC.CC.CC.CCCCCCSc1ccc(-c2ccccc2)s1.CCCCCCc1ccc(-c2ccccc2)s1.Cc1ccc(-c2ccccc2)s1.Cc1csc(-c2ccccc2)c1.c1ccc(-c2cccs2)cc1. The molecule has 6 heteroatoms. The van der Waals surface area contributed by atoms with Gasteiger partial charge in [-0.25, -0.2) is 0 Å². The Labute approximate surface area is 513 Å². The molecule has 0 saturated heterocycles. The Balaban J connectivity index is 0.000000485. The van der Waals surface area contributed by atoms with Crippen LogP contribution in [-0.4, -0.2) is 5.75 Å². The van der Waals surface area contributed by atoms with E-state index in [1.165, 1.54) is 135 Å². The number of unbranched alkanes of at least 4 members (excludes halogenated alkanes) is 6. The van der Waals surface area contributed by atoms with Crippen LogP contribution >= 0.6 is 68.4 Å². The minimum Gasteiger partial charge on any atom is -0.144 e. The molecule has 0 spiro atoms. The highest BCUT2D eigenvalue weighted by atomic mass is 32.2. The zero-order valence-corrected chi connectivity index (χ0v) is 56.2. The van der Waals surface area contributed by atoms with Crippen LogP contribution in [0, 0.1) is 13.8 Å². The van der Waals surface area contributed by atoms with Crippen LogP contribution in [-0.2, 0) is 6.42 Å². The molecule has 5 heterocycles. The molecule has 0 amide bonds. The Morgan fingerprint density at radius 2 is 0.750 bits per heavy atom. The predicted molar refractivity (Wildman–Crippen MR) is 378 cm³/mol. The van der Waals surface area contributed by atoms with Gasteiger partial charge in [-0.15, -0.1) is 68.4 Å². The zero-order valence-electron chi connectivity index (χ0n) is 51.3. The van der Waals surface area contributed by atoms with Crippen LogP contribution in [0.2, 0.25) is 0 Å². The number of hydrogen-bond donors (Lipinski definition) is 0. The molecular weight excluding hydrogens is 1080 g/mol. The van der Waals surface area contributed by atoms with Gasteiger partial charge in [0.1, 0.15) is 0 Å². The molecule has 0 aliphatic carbocycles. The third kappa shape index (κ3) is 30.7. The van der Waals surface area contributed by atoms with E-state index in [0.717, 1.165) is 0 Å². The number of thioether (sulfide) groups is 1. The highest BCUT2D eigenvalue weighted by molar-refractivity contribution is 8.01. The van der Waals surface area contributed by atoms with Crippen LogP contribution in [0.3, 0.4) is 0 Å². The Morgan fingerprint density at radius 3 is 1.16 bits per heavy atom. The molecule has 0 aliphatic heterocycles. The standard InChI is InChI=1S/C16H20S2.C16H20S.2C11H10S.C10H8S.5C2H6/c1-2-3-4-8-13-17-16-12-11-15(18-16)14-9-6-5-7-10-14;1-2-3-4-8-11-15-12-13-16(17-15)14-9-6-5-7-10-14;1-9-7-11(12-8-9)10-5-3-2-4-6-10;1-9-7-8-11(12-9)10-5-3-2-4-6-10;1-2-5-9(6-3-1)10-7-4-8-11-10;5*1-2/h5-7,9-12H,2-4,8,13H2,1H3;5-7,9-10,12-13H,2-4,8,11H2,1H3;2*2-8H,1H3;1-8H;5*1-2H3. The smallest absolute Gasteiger partial charge is 0.0605 e. The molecule has 0 N–H and O–H groups in total. The number of hydrogen-bond acceptors (Lipinski definition) is 6. The van der Waals surface area contributed by atoms with Gasteiger partial charge in [-0.2, -0.15) is 0 Å². The minimum absolute atomic E-state index is 1.25. The molecule has 0 bridgehead atoms. The summed E-state index contributed by atoms with van der Waals surface area (Å²) in [6.07, 6.45) is 12.1. The third-order valence-corrected chi connectivity index (χ3v) is 17.8. The summed E-state index contributed by atoms with van der Waals surface area (Å²) in [5.74, 6) is 1.26. The second kappa shape index (κ2) is 49.7. The molecule has 430 valence electrons. The number of rotatable bonds is 16. The molecule has 5 aromatic heterocycles. The molecule has 0 radical (unpaired) electrons. The second-order valence-corrected chi connectivity index (χ2v) is 23.6. The lowest BCUT2D eigenvalue weighted by atomic mass is 10.1. The topological polar surface area (TPSA) is 0 Å². The summed E-state index contributed by atoms with van der Waals surface area (Å²) in [6, 6.07) is 72.5. The third-order valence-electron chi connectivity index (χ3n) is 11.0. The molecule has 80 heavy (non-hydrogen) atoms. The molecule has 5 aromatic carbocycles. The highest BCUT2D eigenvalue weighted by Gasteiger charge is 2.05. The van der Waals surface area contributed by atoms with Crippen molar-refractivity contribution in [3.8, 4) is 52.2 Å². The average molecular weight is 1180 g/mol. The fraction of sp³-hybridized carbons (Fsp3) is 0.324. The molecule has 0 aliphatic rings. The molecular formula is C74H98S6. The van der Waals surface area contributed by atoms with Gasteiger partial charge in [0.2, 0.25) is 0 Å². The van der Waals surface area contributed by atoms with Gasteiger partial charge in [-0.3, -0.25) is 0 Å². The van der Waals surface area contributed by atoms with E-state index in [4.69, 9.17) is 0 Å². The maximum atomic E-state index is 2.29. The highest BCUT2D eigenvalue weighted by Crippen LogP contribution is 2.35. The van der Waals surface area contributed by atoms with Crippen LogP contribution in [0.1, 0.15) is 150 Å². The summed E-state index contributed by atoms with van der Waals surface area (Å²) >= 11 is 11.3. The number of aryl methyl sites for hydroxylation is 3. The second-order valence-electron chi connectivity index (χ2n) is 16.8. The van der Waals surface area contributed by atoms with Gasteiger partial charge in [-0.05, 0) is 132 Å². The predicted octanol–water partition coefficient (Wildman–Crippen LogP) is 27.6. The molecule has 0 saturated carbocycles. The first-order valence-corrected chi connectivity index (χ1v) is 34.9. The van der Waals surface area contributed by atoms with Crippen molar-refractivity contribution in [1.82, 2.24) is 0 Å². The number of benzene rings is 5. The Hall–Kier alpha value is -5.05. The quantitative estimate of drug-likeness (QED) is 0.0686. The summed E-state index contributed by atoms with van der Waals surface area (Å²) in [5, 5.41) is 4.28. The lowest BCUT2D eigenvalue weighted by Gasteiger charge is -1.98. The van der Waals surface area contributed by atoms with Crippen LogP contribution in [0.25, 0.3) is 52.2 Å². The van der Waals surface area contributed by atoms with Gasteiger partial charge >= 0.3 is 0 Å². The van der Waals surface area contributed by atoms with Gasteiger partial charge < -0.3 is 0 Å². The summed E-state index contributed by atoms with van der Waals surface area (Å²) < 4.78 is 1.45. The van der Waals surface area contributed by atoms with Gasteiger partial charge in [0.05, 0.1) is 4.21 Å². The summed E-state index contributed by atoms with van der Waals surface area (Å²) in [7, 11) is 0. The maximum absolute atomic E-state index is 2.29. The molecule has 10 rings (SSSR count). The summed E-state index contributed by atoms with van der Waals surface area (Å²) in [6.45, 7) is 28.8. The largest absolute Gasteiger partial charge is 0.144 e. The van der Waals surface area contributed by atoms with E-state index in [2.05, 4.69) is 227 Å². The number of thiophene rings is 5. The van der Waals surface area contributed by atoms with Crippen LogP contribution in [0.15, 0.2) is 221 Å². The van der Waals surface area contributed by atoms with E-state index in [1.54, 1.807) is 22.7 Å². The van der Waals surface area contributed by atoms with Crippen LogP contribution in [0.4, 0.5) is 0 Å². The van der Waals surface area contributed by atoms with Gasteiger partial charge in [0.15, 0.2) is 0 Å². The van der Waals surface area contributed by atoms with Crippen LogP contribution < -0.4 is 0 Å². The molecule has 0 unspecified atom stereocenters.